The molecule has 1 amide bonds. The summed E-state index contributed by atoms with van der Waals surface area (Å²) in [6, 6.07) is 17.6. The van der Waals surface area contributed by atoms with Crippen molar-refractivity contribution in [3.05, 3.63) is 66.4 Å². The van der Waals surface area contributed by atoms with E-state index in [0.29, 0.717) is 19.6 Å². The molecule has 22 heavy (non-hydrogen) atoms. The molecule has 0 saturated heterocycles. The minimum absolute atomic E-state index is 0.00131. The van der Waals surface area contributed by atoms with Crippen molar-refractivity contribution in [2.24, 2.45) is 0 Å². The van der Waals surface area contributed by atoms with Gasteiger partial charge in [-0.1, -0.05) is 36.4 Å². The summed E-state index contributed by atoms with van der Waals surface area (Å²) in [6.45, 7) is 0.958. The third kappa shape index (κ3) is 3.47. The lowest BCUT2D eigenvalue weighted by Crippen LogP contribution is -2.29. The van der Waals surface area contributed by atoms with Gasteiger partial charge in [-0.3, -0.25) is 4.79 Å². The SMILES string of the molecule is O=C(Cc1c[nH]c2ccccc12)NCCOc1ccccc1. The fourth-order valence-electron chi connectivity index (χ4n) is 2.39. The topological polar surface area (TPSA) is 54.1 Å². The molecule has 0 unspecified atom stereocenters. The van der Waals surface area contributed by atoms with Gasteiger partial charge in [0.05, 0.1) is 13.0 Å². The highest BCUT2D eigenvalue weighted by atomic mass is 16.5. The molecule has 1 heterocycles. The average Bonchev–Trinajstić information content (AvgIpc) is 2.96. The van der Waals surface area contributed by atoms with Crippen LogP contribution in [0, 0.1) is 0 Å². The summed E-state index contributed by atoms with van der Waals surface area (Å²) in [6.07, 6.45) is 2.26. The van der Waals surface area contributed by atoms with Crippen molar-refractivity contribution in [2.75, 3.05) is 13.2 Å². The van der Waals surface area contributed by atoms with E-state index < -0.39 is 0 Å². The molecule has 3 aromatic rings. The summed E-state index contributed by atoms with van der Waals surface area (Å²) in [5.41, 5.74) is 2.06. The molecule has 1 aromatic heterocycles. The molecule has 0 aliphatic heterocycles. The van der Waals surface area contributed by atoms with Gasteiger partial charge in [0.25, 0.3) is 0 Å². The highest BCUT2D eigenvalue weighted by Gasteiger charge is 2.07. The van der Waals surface area contributed by atoms with E-state index in [0.717, 1.165) is 22.2 Å². The van der Waals surface area contributed by atoms with Crippen molar-refractivity contribution in [1.29, 1.82) is 0 Å². The maximum atomic E-state index is 12.0. The predicted molar refractivity (Wildman–Crippen MR) is 86.9 cm³/mol. The number of carbonyl (C=O) groups is 1. The Labute approximate surface area is 129 Å². The van der Waals surface area contributed by atoms with Crippen LogP contribution in [0.4, 0.5) is 0 Å². The Bertz CT molecular complexity index is 750. The minimum atomic E-state index is 0.00131. The fraction of sp³-hybridized carbons (Fsp3) is 0.167. The number of rotatable bonds is 6. The molecule has 0 saturated carbocycles. The molecule has 3 rings (SSSR count). The number of carbonyl (C=O) groups excluding carboxylic acids is 1. The Morgan fingerprint density at radius 1 is 1.05 bits per heavy atom. The number of ether oxygens (including phenoxy) is 1. The lowest BCUT2D eigenvalue weighted by molar-refractivity contribution is -0.120. The van der Waals surface area contributed by atoms with Crippen LogP contribution in [0.25, 0.3) is 10.9 Å². The van der Waals surface area contributed by atoms with Crippen LogP contribution in [0.1, 0.15) is 5.56 Å². The molecule has 0 aliphatic carbocycles. The third-order valence-electron chi connectivity index (χ3n) is 3.46. The monoisotopic (exact) mass is 294 g/mol. The number of hydrogen-bond acceptors (Lipinski definition) is 2. The number of para-hydroxylation sites is 2. The maximum absolute atomic E-state index is 12.0. The second-order valence-corrected chi connectivity index (χ2v) is 5.05. The number of amides is 1. The van der Waals surface area contributed by atoms with E-state index in [1.165, 1.54) is 0 Å². The summed E-state index contributed by atoms with van der Waals surface area (Å²) in [5.74, 6) is 0.815. The van der Waals surface area contributed by atoms with Gasteiger partial charge >= 0.3 is 0 Å². The van der Waals surface area contributed by atoms with E-state index in [2.05, 4.69) is 10.3 Å². The summed E-state index contributed by atoms with van der Waals surface area (Å²) >= 11 is 0. The van der Waals surface area contributed by atoms with Gasteiger partial charge in [0.15, 0.2) is 0 Å². The second-order valence-electron chi connectivity index (χ2n) is 5.05. The Kier molecular flexibility index (Phi) is 4.39. The Hall–Kier alpha value is -2.75. The number of aromatic amines is 1. The fourth-order valence-corrected chi connectivity index (χ4v) is 2.39. The Morgan fingerprint density at radius 3 is 2.68 bits per heavy atom. The number of fused-ring (bicyclic) bond motifs is 1. The lowest BCUT2D eigenvalue weighted by atomic mass is 10.1. The maximum Gasteiger partial charge on any atom is 0.224 e. The van der Waals surface area contributed by atoms with Crippen LogP contribution in [0.3, 0.4) is 0 Å². The Balaban J connectivity index is 1.47. The van der Waals surface area contributed by atoms with Crippen LogP contribution in [0.2, 0.25) is 0 Å². The molecule has 0 spiro atoms. The first-order valence-corrected chi connectivity index (χ1v) is 7.32. The van der Waals surface area contributed by atoms with Crippen LogP contribution in [0.15, 0.2) is 60.8 Å². The largest absolute Gasteiger partial charge is 0.492 e. The standard InChI is InChI=1S/C18H18N2O2/c21-18(19-10-11-22-15-6-2-1-3-7-15)12-14-13-20-17-9-5-4-8-16(14)17/h1-9,13,20H,10-12H2,(H,19,21). The molecular formula is C18H18N2O2. The van der Waals surface area contributed by atoms with Gasteiger partial charge < -0.3 is 15.0 Å². The molecule has 0 bridgehead atoms. The first-order valence-electron chi connectivity index (χ1n) is 7.32. The predicted octanol–water partition coefficient (Wildman–Crippen LogP) is 2.91. The van der Waals surface area contributed by atoms with Crippen molar-refractivity contribution in [2.45, 2.75) is 6.42 Å². The molecule has 0 radical (unpaired) electrons. The van der Waals surface area contributed by atoms with Crippen LogP contribution in [-0.2, 0) is 11.2 Å². The van der Waals surface area contributed by atoms with E-state index >= 15 is 0 Å². The Morgan fingerprint density at radius 2 is 1.82 bits per heavy atom. The third-order valence-corrected chi connectivity index (χ3v) is 3.46. The van der Waals surface area contributed by atoms with E-state index in [9.17, 15) is 4.79 Å². The number of aromatic nitrogens is 1. The number of hydrogen-bond donors (Lipinski definition) is 2. The van der Waals surface area contributed by atoms with E-state index in [4.69, 9.17) is 4.74 Å². The van der Waals surface area contributed by atoms with Crippen LogP contribution in [-0.4, -0.2) is 24.0 Å². The van der Waals surface area contributed by atoms with Crippen molar-refractivity contribution >= 4 is 16.8 Å². The first-order chi connectivity index (χ1) is 10.8. The van der Waals surface area contributed by atoms with Crippen LogP contribution in [0.5, 0.6) is 5.75 Å². The number of H-pyrrole nitrogens is 1. The van der Waals surface area contributed by atoms with Gasteiger partial charge in [0.2, 0.25) is 5.91 Å². The highest BCUT2D eigenvalue weighted by molar-refractivity contribution is 5.88. The van der Waals surface area contributed by atoms with E-state index in [1.54, 1.807) is 0 Å². The van der Waals surface area contributed by atoms with Gasteiger partial charge in [-0.15, -0.1) is 0 Å². The molecule has 4 nitrogen and oxygen atoms in total. The van der Waals surface area contributed by atoms with Crippen molar-refractivity contribution in [1.82, 2.24) is 10.3 Å². The second kappa shape index (κ2) is 6.80. The number of benzene rings is 2. The molecule has 0 aliphatic rings. The molecular weight excluding hydrogens is 276 g/mol. The van der Waals surface area contributed by atoms with Crippen LogP contribution >= 0.6 is 0 Å². The summed E-state index contributed by atoms with van der Waals surface area (Å²) in [5, 5.41) is 3.97. The molecule has 2 aromatic carbocycles. The molecule has 2 N–H and O–H groups in total. The normalized spacial score (nSPS) is 10.5. The number of nitrogens with one attached hydrogen (secondary N) is 2. The van der Waals surface area contributed by atoms with Crippen molar-refractivity contribution < 1.29 is 9.53 Å². The summed E-state index contributed by atoms with van der Waals surface area (Å²) in [4.78, 5) is 15.2. The molecule has 0 atom stereocenters. The van der Waals surface area contributed by atoms with Gasteiger partial charge in [-0.25, -0.2) is 0 Å². The lowest BCUT2D eigenvalue weighted by Gasteiger charge is -2.07. The van der Waals surface area contributed by atoms with Gasteiger partial charge in [-0.2, -0.15) is 0 Å². The molecule has 112 valence electrons. The smallest absolute Gasteiger partial charge is 0.224 e. The average molecular weight is 294 g/mol. The summed E-state index contributed by atoms with van der Waals surface area (Å²) in [7, 11) is 0. The van der Waals surface area contributed by atoms with Crippen molar-refractivity contribution in [3.8, 4) is 5.75 Å². The van der Waals surface area contributed by atoms with E-state index in [-0.39, 0.29) is 5.91 Å². The first kappa shape index (κ1) is 14.2. The quantitative estimate of drug-likeness (QED) is 0.687. The van der Waals surface area contributed by atoms with Gasteiger partial charge in [-0.05, 0) is 23.8 Å². The minimum Gasteiger partial charge on any atom is -0.492 e. The molecule has 0 fully saturated rings. The molecule has 4 heteroatoms. The zero-order valence-corrected chi connectivity index (χ0v) is 12.2. The highest BCUT2D eigenvalue weighted by Crippen LogP contribution is 2.17. The zero-order chi connectivity index (χ0) is 15.2. The van der Waals surface area contributed by atoms with E-state index in [1.807, 2.05) is 60.8 Å². The van der Waals surface area contributed by atoms with Gasteiger partial charge in [0.1, 0.15) is 12.4 Å². The zero-order valence-electron chi connectivity index (χ0n) is 12.2. The van der Waals surface area contributed by atoms with Crippen LogP contribution < -0.4 is 10.1 Å². The summed E-state index contributed by atoms with van der Waals surface area (Å²) < 4.78 is 5.54. The van der Waals surface area contributed by atoms with Gasteiger partial charge in [0, 0.05) is 17.1 Å². The van der Waals surface area contributed by atoms with Crippen molar-refractivity contribution in [3.63, 3.8) is 0 Å².